The predicted octanol–water partition coefficient (Wildman–Crippen LogP) is 3.00. The Bertz CT molecular complexity index is 372. The van der Waals surface area contributed by atoms with E-state index in [1.165, 1.54) is 18.9 Å². The van der Waals surface area contributed by atoms with Crippen molar-refractivity contribution in [3.63, 3.8) is 0 Å². The number of halogens is 1. The van der Waals surface area contributed by atoms with E-state index in [4.69, 9.17) is 10.5 Å². The van der Waals surface area contributed by atoms with Crippen LogP contribution in [0.4, 0.5) is 4.39 Å². The number of benzene rings is 1. The summed E-state index contributed by atoms with van der Waals surface area (Å²) in [5, 5.41) is 0. The molecule has 0 unspecified atom stereocenters. The van der Waals surface area contributed by atoms with Gasteiger partial charge in [-0.05, 0) is 50.3 Å². The van der Waals surface area contributed by atoms with E-state index < -0.39 is 0 Å². The van der Waals surface area contributed by atoms with Gasteiger partial charge in [-0.3, -0.25) is 0 Å². The SMILES string of the molecule is CC1(Oc2ccc(CN)cc2F)CCCC1. The van der Waals surface area contributed by atoms with Crippen LogP contribution < -0.4 is 10.5 Å². The second kappa shape index (κ2) is 4.42. The van der Waals surface area contributed by atoms with Crippen LogP contribution in [0.25, 0.3) is 0 Å². The monoisotopic (exact) mass is 223 g/mol. The highest BCUT2D eigenvalue weighted by Gasteiger charge is 2.31. The van der Waals surface area contributed by atoms with Crippen molar-refractivity contribution in [3.8, 4) is 5.75 Å². The Labute approximate surface area is 95.6 Å². The van der Waals surface area contributed by atoms with E-state index in [9.17, 15) is 4.39 Å². The molecule has 88 valence electrons. The zero-order chi connectivity index (χ0) is 11.6. The van der Waals surface area contributed by atoms with Crippen molar-refractivity contribution in [2.45, 2.75) is 44.8 Å². The maximum absolute atomic E-state index is 13.7. The van der Waals surface area contributed by atoms with Gasteiger partial charge in [-0.1, -0.05) is 6.07 Å². The van der Waals surface area contributed by atoms with Crippen LogP contribution in [0.15, 0.2) is 18.2 Å². The molecule has 1 fully saturated rings. The lowest BCUT2D eigenvalue weighted by Gasteiger charge is -2.25. The van der Waals surface area contributed by atoms with Crippen LogP contribution in [-0.4, -0.2) is 5.60 Å². The maximum atomic E-state index is 13.7. The van der Waals surface area contributed by atoms with Crippen molar-refractivity contribution in [1.29, 1.82) is 0 Å². The first-order chi connectivity index (χ1) is 7.63. The summed E-state index contributed by atoms with van der Waals surface area (Å²) in [7, 11) is 0. The Balaban J connectivity index is 2.15. The van der Waals surface area contributed by atoms with Gasteiger partial charge in [0.1, 0.15) is 5.60 Å². The Morgan fingerprint density at radius 3 is 2.62 bits per heavy atom. The molecule has 1 saturated carbocycles. The fraction of sp³-hybridized carbons (Fsp3) is 0.538. The first-order valence-electron chi connectivity index (χ1n) is 5.80. The highest BCUT2D eigenvalue weighted by atomic mass is 19.1. The van der Waals surface area contributed by atoms with Crippen molar-refractivity contribution in [2.75, 3.05) is 0 Å². The Kier molecular flexibility index (Phi) is 3.15. The summed E-state index contributed by atoms with van der Waals surface area (Å²) in [4.78, 5) is 0. The lowest BCUT2D eigenvalue weighted by Crippen LogP contribution is -2.28. The average Bonchev–Trinajstić information content (AvgIpc) is 2.68. The van der Waals surface area contributed by atoms with Gasteiger partial charge in [-0.2, -0.15) is 0 Å². The highest BCUT2D eigenvalue weighted by Crippen LogP contribution is 2.34. The lowest BCUT2D eigenvalue weighted by atomic mass is 10.1. The van der Waals surface area contributed by atoms with Crippen LogP contribution >= 0.6 is 0 Å². The zero-order valence-electron chi connectivity index (χ0n) is 9.63. The Morgan fingerprint density at radius 1 is 1.38 bits per heavy atom. The number of hydrogen-bond acceptors (Lipinski definition) is 2. The third kappa shape index (κ3) is 2.35. The smallest absolute Gasteiger partial charge is 0.165 e. The predicted molar refractivity (Wildman–Crippen MR) is 61.8 cm³/mol. The minimum Gasteiger partial charge on any atom is -0.485 e. The van der Waals surface area contributed by atoms with Gasteiger partial charge in [0.05, 0.1) is 0 Å². The third-order valence-electron chi connectivity index (χ3n) is 3.25. The van der Waals surface area contributed by atoms with E-state index >= 15 is 0 Å². The summed E-state index contributed by atoms with van der Waals surface area (Å²) in [5.74, 6) is 0.0395. The molecule has 3 heteroatoms. The molecule has 0 aliphatic heterocycles. The molecule has 1 aromatic carbocycles. The molecule has 0 amide bonds. The first-order valence-corrected chi connectivity index (χ1v) is 5.80. The van der Waals surface area contributed by atoms with Crippen LogP contribution in [0, 0.1) is 5.82 Å². The van der Waals surface area contributed by atoms with E-state index in [1.54, 1.807) is 6.07 Å². The van der Waals surface area contributed by atoms with Gasteiger partial charge in [0.2, 0.25) is 0 Å². The minimum atomic E-state index is -0.309. The van der Waals surface area contributed by atoms with Gasteiger partial charge < -0.3 is 10.5 Å². The molecule has 0 radical (unpaired) electrons. The average molecular weight is 223 g/mol. The van der Waals surface area contributed by atoms with Crippen LogP contribution in [0.1, 0.15) is 38.2 Å². The quantitative estimate of drug-likeness (QED) is 0.855. The molecule has 0 heterocycles. The van der Waals surface area contributed by atoms with E-state index in [2.05, 4.69) is 6.92 Å². The number of rotatable bonds is 3. The molecule has 1 aliphatic rings. The number of ether oxygens (including phenoxy) is 1. The lowest BCUT2D eigenvalue weighted by molar-refractivity contribution is 0.0913. The summed E-state index contributed by atoms with van der Waals surface area (Å²) < 4.78 is 19.5. The largest absolute Gasteiger partial charge is 0.485 e. The zero-order valence-corrected chi connectivity index (χ0v) is 9.63. The molecule has 1 aromatic rings. The van der Waals surface area contributed by atoms with Crippen LogP contribution in [0.3, 0.4) is 0 Å². The Morgan fingerprint density at radius 2 is 2.06 bits per heavy atom. The number of nitrogens with two attached hydrogens (primary N) is 1. The second-order valence-corrected chi connectivity index (χ2v) is 4.73. The van der Waals surface area contributed by atoms with Crippen molar-refractivity contribution in [3.05, 3.63) is 29.6 Å². The van der Waals surface area contributed by atoms with Crippen LogP contribution in [0.5, 0.6) is 5.75 Å². The van der Waals surface area contributed by atoms with E-state index in [1.807, 2.05) is 6.07 Å². The van der Waals surface area contributed by atoms with Gasteiger partial charge >= 0.3 is 0 Å². The van der Waals surface area contributed by atoms with Crippen molar-refractivity contribution >= 4 is 0 Å². The summed E-state index contributed by atoms with van der Waals surface area (Å²) in [5.41, 5.74) is 6.05. The topological polar surface area (TPSA) is 35.2 Å². The van der Waals surface area contributed by atoms with Gasteiger partial charge in [-0.25, -0.2) is 4.39 Å². The molecule has 16 heavy (non-hydrogen) atoms. The summed E-state index contributed by atoms with van der Waals surface area (Å²) in [6.07, 6.45) is 4.34. The van der Waals surface area contributed by atoms with Crippen molar-refractivity contribution < 1.29 is 9.13 Å². The van der Waals surface area contributed by atoms with Crippen molar-refractivity contribution in [2.24, 2.45) is 5.73 Å². The van der Waals surface area contributed by atoms with Crippen molar-refractivity contribution in [1.82, 2.24) is 0 Å². The molecule has 0 aromatic heterocycles. The van der Waals surface area contributed by atoms with Gasteiger partial charge in [0.15, 0.2) is 11.6 Å². The van der Waals surface area contributed by atoms with E-state index in [0.717, 1.165) is 18.4 Å². The number of hydrogen-bond donors (Lipinski definition) is 1. The van der Waals surface area contributed by atoms with E-state index in [0.29, 0.717) is 12.3 Å². The molecule has 0 atom stereocenters. The molecule has 0 spiro atoms. The molecular formula is C13H18FNO. The minimum absolute atomic E-state index is 0.189. The molecule has 1 aliphatic carbocycles. The fourth-order valence-electron chi connectivity index (χ4n) is 2.24. The molecular weight excluding hydrogens is 205 g/mol. The Hall–Kier alpha value is -1.09. The van der Waals surface area contributed by atoms with E-state index in [-0.39, 0.29) is 11.4 Å². The van der Waals surface area contributed by atoms with Gasteiger partial charge in [-0.15, -0.1) is 0 Å². The third-order valence-corrected chi connectivity index (χ3v) is 3.25. The highest BCUT2D eigenvalue weighted by molar-refractivity contribution is 5.30. The van der Waals surface area contributed by atoms with Gasteiger partial charge in [0, 0.05) is 6.54 Å². The summed E-state index contributed by atoms with van der Waals surface area (Å²) in [6, 6.07) is 4.95. The molecule has 2 N–H and O–H groups in total. The standard InChI is InChI=1S/C13H18FNO/c1-13(6-2-3-7-13)16-12-5-4-10(9-15)8-11(12)14/h4-5,8H,2-3,6-7,9,15H2,1H3. The summed E-state index contributed by atoms with van der Waals surface area (Å²) >= 11 is 0. The maximum Gasteiger partial charge on any atom is 0.165 e. The first kappa shape index (κ1) is 11.4. The summed E-state index contributed by atoms with van der Waals surface area (Å²) in [6.45, 7) is 2.41. The van der Waals surface area contributed by atoms with Crippen LogP contribution in [-0.2, 0) is 6.54 Å². The second-order valence-electron chi connectivity index (χ2n) is 4.73. The fourth-order valence-corrected chi connectivity index (χ4v) is 2.24. The van der Waals surface area contributed by atoms with Crippen LogP contribution in [0.2, 0.25) is 0 Å². The molecule has 2 rings (SSSR count). The molecule has 0 bridgehead atoms. The normalized spacial score (nSPS) is 18.7. The molecule has 0 saturated heterocycles. The molecule has 2 nitrogen and oxygen atoms in total. The van der Waals surface area contributed by atoms with Gasteiger partial charge in [0.25, 0.3) is 0 Å².